The van der Waals surface area contributed by atoms with Gasteiger partial charge in [-0.15, -0.1) is 0 Å². The van der Waals surface area contributed by atoms with E-state index < -0.39 is 10.0 Å². The summed E-state index contributed by atoms with van der Waals surface area (Å²) in [7, 11) is -3.73. The topological polar surface area (TPSA) is 85.3 Å². The zero-order valence-electron chi connectivity index (χ0n) is 10.3. The number of sulfonamides is 1. The molecule has 5 nitrogen and oxygen atoms in total. The van der Waals surface area contributed by atoms with Gasteiger partial charge in [-0.2, -0.15) is 11.8 Å². The molecule has 0 radical (unpaired) electrons. The number of nitrogens with one attached hydrogen (secondary N) is 1. The number of rotatable bonds is 6. The van der Waals surface area contributed by atoms with Gasteiger partial charge < -0.3 is 9.73 Å². The van der Waals surface area contributed by atoms with Crippen molar-refractivity contribution < 1.29 is 12.8 Å². The van der Waals surface area contributed by atoms with Crippen molar-refractivity contribution in [3.05, 3.63) is 17.9 Å². The SMILES string of the molecule is CSC1(CNCc2ccc(S(N)(=O)=O)o2)CCC1. The average Bonchev–Trinajstić information content (AvgIpc) is 2.70. The summed E-state index contributed by atoms with van der Waals surface area (Å²) in [6.45, 7) is 1.44. The van der Waals surface area contributed by atoms with Crippen LogP contribution < -0.4 is 10.5 Å². The molecule has 1 saturated carbocycles. The quantitative estimate of drug-likeness (QED) is 0.825. The molecule has 1 aromatic rings. The molecule has 0 aromatic carbocycles. The molecule has 1 aliphatic carbocycles. The lowest BCUT2D eigenvalue weighted by molar-refractivity contribution is 0.334. The van der Waals surface area contributed by atoms with Crippen LogP contribution in [-0.4, -0.2) is 26.0 Å². The molecule has 1 heterocycles. The number of hydrogen-bond acceptors (Lipinski definition) is 5. The zero-order valence-corrected chi connectivity index (χ0v) is 11.9. The number of nitrogens with two attached hydrogens (primary N) is 1. The van der Waals surface area contributed by atoms with Gasteiger partial charge in [-0.3, -0.25) is 0 Å². The fourth-order valence-electron chi connectivity index (χ4n) is 2.04. The Labute approximate surface area is 112 Å². The zero-order chi connectivity index (χ0) is 13.2. The van der Waals surface area contributed by atoms with Crippen LogP contribution in [-0.2, 0) is 16.6 Å². The van der Waals surface area contributed by atoms with Crippen LogP contribution >= 0.6 is 11.8 Å². The highest BCUT2D eigenvalue weighted by molar-refractivity contribution is 8.00. The molecule has 0 spiro atoms. The van der Waals surface area contributed by atoms with Crippen molar-refractivity contribution in [1.82, 2.24) is 5.32 Å². The first kappa shape index (κ1) is 13.9. The lowest BCUT2D eigenvalue weighted by Gasteiger charge is -2.40. The summed E-state index contributed by atoms with van der Waals surface area (Å²) in [5.41, 5.74) is 0. The van der Waals surface area contributed by atoms with Crippen molar-refractivity contribution in [3.8, 4) is 0 Å². The van der Waals surface area contributed by atoms with Crippen LogP contribution in [0.3, 0.4) is 0 Å². The predicted molar refractivity (Wildman–Crippen MR) is 71.9 cm³/mol. The van der Waals surface area contributed by atoms with Gasteiger partial charge in [0.15, 0.2) is 0 Å². The Bertz CT molecular complexity index is 501. The second-order valence-corrected chi connectivity index (χ2v) is 7.38. The molecule has 3 N–H and O–H groups in total. The van der Waals surface area contributed by atoms with E-state index >= 15 is 0 Å². The van der Waals surface area contributed by atoms with Crippen LogP contribution in [0.25, 0.3) is 0 Å². The summed E-state index contributed by atoms with van der Waals surface area (Å²) >= 11 is 1.89. The minimum absolute atomic E-state index is 0.178. The minimum Gasteiger partial charge on any atom is -0.447 e. The summed E-state index contributed by atoms with van der Waals surface area (Å²) < 4.78 is 27.6. The summed E-state index contributed by atoms with van der Waals surface area (Å²) in [4.78, 5) is 0. The Hall–Kier alpha value is -0.500. The lowest BCUT2D eigenvalue weighted by Crippen LogP contribution is -2.43. The van der Waals surface area contributed by atoms with Gasteiger partial charge in [0.05, 0.1) is 6.54 Å². The highest BCUT2D eigenvalue weighted by atomic mass is 32.2. The molecule has 1 aromatic heterocycles. The van der Waals surface area contributed by atoms with Crippen LogP contribution in [0.2, 0.25) is 0 Å². The van der Waals surface area contributed by atoms with E-state index in [0.29, 0.717) is 17.1 Å². The first-order valence-electron chi connectivity index (χ1n) is 5.83. The number of primary sulfonamides is 1. The van der Waals surface area contributed by atoms with Gasteiger partial charge in [0.2, 0.25) is 5.09 Å². The monoisotopic (exact) mass is 290 g/mol. The van der Waals surface area contributed by atoms with Gasteiger partial charge in [-0.25, -0.2) is 13.6 Å². The molecule has 0 aliphatic heterocycles. The smallest absolute Gasteiger partial charge is 0.271 e. The molecular formula is C11H18N2O3S2. The molecule has 0 amide bonds. The van der Waals surface area contributed by atoms with Crippen molar-refractivity contribution in [1.29, 1.82) is 0 Å². The van der Waals surface area contributed by atoms with Crippen LogP contribution in [0.4, 0.5) is 0 Å². The Morgan fingerprint density at radius 1 is 1.50 bits per heavy atom. The Morgan fingerprint density at radius 3 is 2.67 bits per heavy atom. The van der Waals surface area contributed by atoms with Gasteiger partial charge >= 0.3 is 0 Å². The maximum Gasteiger partial charge on any atom is 0.271 e. The summed E-state index contributed by atoms with van der Waals surface area (Å²) in [6.07, 6.45) is 5.90. The number of thioether (sulfide) groups is 1. The number of furan rings is 1. The van der Waals surface area contributed by atoms with E-state index in [4.69, 9.17) is 9.56 Å². The van der Waals surface area contributed by atoms with Crippen molar-refractivity contribution in [2.45, 2.75) is 35.6 Å². The van der Waals surface area contributed by atoms with Gasteiger partial charge in [0.1, 0.15) is 5.76 Å². The van der Waals surface area contributed by atoms with E-state index in [2.05, 4.69) is 11.6 Å². The van der Waals surface area contributed by atoms with Crippen molar-refractivity contribution in [2.75, 3.05) is 12.8 Å². The van der Waals surface area contributed by atoms with Crippen molar-refractivity contribution in [2.24, 2.45) is 5.14 Å². The molecular weight excluding hydrogens is 272 g/mol. The van der Waals surface area contributed by atoms with E-state index in [1.165, 1.54) is 25.3 Å². The molecule has 0 unspecified atom stereocenters. The molecule has 1 aliphatic rings. The molecule has 7 heteroatoms. The largest absolute Gasteiger partial charge is 0.447 e. The first-order valence-corrected chi connectivity index (χ1v) is 8.60. The summed E-state index contributed by atoms with van der Waals surface area (Å²) in [6, 6.07) is 3.03. The van der Waals surface area contributed by atoms with E-state index in [1.807, 2.05) is 11.8 Å². The first-order chi connectivity index (χ1) is 8.45. The van der Waals surface area contributed by atoms with Crippen LogP contribution in [0.1, 0.15) is 25.0 Å². The van der Waals surface area contributed by atoms with Crippen molar-refractivity contribution >= 4 is 21.8 Å². The maximum absolute atomic E-state index is 11.0. The third-order valence-electron chi connectivity index (χ3n) is 3.36. The lowest BCUT2D eigenvalue weighted by atomic mass is 9.84. The Kier molecular flexibility index (Phi) is 4.05. The third kappa shape index (κ3) is 3.09. The average molecular weight is 290 g/mol. The van der Waals surface area contributed by atoms with Gasteiger partial charge in [-0.1, -0.05) is 6.42 Å². The molecule has 0 bridgehead atoms. The van der Waals surface area contributed by atoms with E-state index in [-0.39, 0.29) is 5.09 Å². The van der Waals surface area contributed by atoms with Crippen LogP contribution in [0.15, 0.2) is 21.6 Å². The fraction of sp³-hybridized carbons (Fsp3) is 0.636. The van der Waals surface area contributed by atoms with Crippen LogP contribution in [0.5, 0.6) is 0 Å². The molecule has 0 atom stereocenters. The normalized spacial score (nSPS) is 18.6. The van der Waals surface area contributed by atoms with Crippen molar-refractivity contribution in [3.63, 3.8) is 0 Å². The highest BCUT2D eigenvalue weighted by Crippen LogP contribution is 2.42. The van der Waals surface area contributed by atoms with E-state index in [1.54, 1.807) is 6.07 Å². The molecule has 102 valence electrons. The fourth-order valence-corrected chi connectivity index (χ4v) is 3.47. The van der Waals surface area contributed by atoms with E-state index in [9.17, 15) is 8.42 Å². The second-order valence-electron chi connectivity index (χ2n) is 4.61. The number of hydrogen-bond donors (Lipinski definition) is 2. The Morgan fingerprint density at radius 2 is 2.22 bits per heavy atom. The molecule has 18 heavy (non-hydrogen) atoms. The predicted octanol–water partition coefficient (Wildman–Crippen LogP) is 1.30. The maximum atomic E-state index is 11.0. The summed E-state index contributed by atoms with van der Waals surface area (Å²) in [5, 5.41) is 8.11. The molecule has 1 fully saturated rings. The molecule has 0 saturated heterocycles. The molecule has 2 rings (SSSR count). The second kappa shape index (κ2) is 5.24. The highest BCUT2D eigenvalue weighted by Gasteiger charge is 2.35. The standard InChI is InChI=1S/C11H18N2O3S2/c1-17-11(5-2-6-11)8-13-7-9-3-4-10(16-9)18(12,14)15/h3-4,13H,2,5-8H2,1H3,(H2,12,14,15). The van der Waals surface area contributed by atoms with Gasteiger partial charge in [-0.05, 0) is 31.2 Å². The Balaban J connectivity index is 1.85. The van der Waals surface area contributed by atoms with Gasteiger partial charge in [0.25, 0.3) is 10.0 Å². The minimum atomic E-state index is -3.73. The van der Waals surface area contributed by atoms with Gasteiger partial charge in [0, 0.05) is 11.3 Å². The van der Waals surface area contributed by atoms with Crippen LogP contribution in [0, 0.1) is 0 Å². The van der Waals surface area contributed by atoms with E-state index in [0.717, 1.165) is 6.54 Å². The summed E-state index contributed by atoms with van der Waals surface area (Å²) in [5.74, 6) is 0.592. The third-order valence-corrected chi connectivity index (χ3v) is 5.56.